The lowest BCUT2D eigenvalue weighted by molar-refractivity contribution is 0.304. The van der Waals surface area contributed by atoms with Crippen molar-refractivity contribution in [1.82, 2.24) is 0 Å². The van der Waals surface area contributed by atoms with E-state index in [9.17, 15) is 4.79 Å². The van der Waals surface area contributed by atoms with Gasteiger partial charge in [-0.2, -0.15) is 0 Å². The fraction of sp³-hybridized carbons (Fsp3) is 0.480. The molecule has 0 unspecified atom stereocenters. The molecule has 0 amide bonds. The number of rotatable bonds is 12. The van der Waals surface area contributed by atoms with E-state index in [1.165, 1.54) is 57.8 Å². The fourth-order valence-corrected chi connectivity index (χ4v) is 4.70. The number of unbranched alkanes of at least 4 members (excludes halogenated alkanes) is 9. The summed E-state index contributed by atoms with van der Waals surface area (Å²) in [6, 6.07) is 13.7. The molecule has 0 spiro atoms. The first kappa shape index (κ1) is 20.9. The topological polar surface area (TPSA) is 26.3 Å². The molecular weight excluding hydrogens is 364 g/mol. The molecule has 3 rings (SSSR count). The summed E-state index contributed by atoms with van der Waals surface area (Å²) in [5, 5.41) is 1.57. The van der Waals surface area contributed by atoms with Gasteiger partial charge in [0.05, 0.1) is 6.61 Å². The highest BCUT2D eigenvalue weighted by Crippen LogP contribution is 2.27. The molecule has 1 heterocycles. The zero-order valence-corrected chi connectivity index (χ0v) is 17.9. The molecule has 2 nitrogen and oxygen atoms in total. The molecule has 0 aliphatic heterocycles. The molecule has 0 saturated heterocycles. The second kappa shape index (κ2) is 11.2. The standard InChI is InChI=1S/C25H32O2S/c1-2-3-4-5-6-7-8-9-10-13-18-27-20-16-17-24-22(19-20)25(26)21-14-11-12-15-23(21)28-24/h11-12,14-17,19H,2-10,13,18H2,1H3. The second-order valence-corrected chi connectivity index (χ2v) is 8.70. The Balaban J connectivity index is 1.42. The van der Waals surface area contributed by atoms with Gasteiger partial charge in [-0.15, -0.1) is 11.3 Å². The molecule has 3 aromatic rings. The first-order valence-electron chi connectivity index (χ1n) is 10.9. The van der Waals surface area contributed by atoms with Gasteiger partial charge in [0.15, 0.2) is 5.43 Å². The van der Waals surface area contributed by atoms with Crippen LogP contribution in [0, 0.1) is 0 Å². The lowest BCUT2D eigenvalue weighted by Crippen LogP contribution is -2.02. The van der Waals surface area contributed by atoms with Gasteiger partial charge in [-0.1, -0.05) is 76.8 Å². The number of hydrogen-bond acceptors (Lipinski definition) is 3. The zero-order valence-electron chi connectivity index (χ0n) is 17.0. The van der Waals surface area contributed by atoms with Crippen LogP contribution in [0.5, 0.6) is 5.75 Å². The third-order valence-corrected chi connectivity index (χ3v) is 6.47. The summed E-state index contributed by atoms with van der Waals surface area (Å²) in [6.45, 7) is 3.00. The van der Waals surface area contributed by atoms with Crippen LogP contribution in [0.15, 0.2) is 47.3 Å². The highest BCUT2D eigenvalue weighted by molar-refractivity contribution is 7.24. The van der Waals surface area contributed by atoms with Gasteiger partial charge >= 0.3 is 0 Å². The van der Waals surface area contributed by atoms with Gasteiger partial charge in [-0.25, -0.2) is 0 Å². The normalized spacial score (nSPS) is 11.3. The Bertz CT molecular complexity index is 929. The zero-order chi connectivity index (χ0) is 19.6. The van der Waals surface area contributed by atoms with Gasteiger partial charge in [0.25, 0.3) is 0 Å². The highest BCUT2D eigenvalue weighted by atomic mass is 32.1. The van der Waals surface area contributed by atoms with E-state index < -0.39 is 0 Å². The predicted octanol–water partition coefficient (Wildman–Crippen LogP) is 7.71. The Labute approximate surface area is 172 Å². The van der Waals surface area contributed by atoms with Gasteiger partial charge in [0.2, 0.25) is 0 Å². The smallest absolute Gasteiger partial charge is 0.196 e. The van der Waals surface area contributed by atoms with Crippen LogP contribution in [-0.4, -0.2) is 6.61 Å². The lowest BCUT2D eigenvalue weighted by atomic mass is 10.1. The monoisotopic (exact) mass is 396 g/mol. The predicted molar refractivity (Wildman–Crippen MR) is 123 cm³/mol. The van der Waals surface area contributed by atoms with E-state index in [4.69, 9.17) is 4.74 Å². The van der Waals surface area contributed by atoms with Crippen LogP contribution in [0.3, 0.4) is 0 Å². The van der Waals surface area contributed by atoms with Crippen LogP contribution in [0.25, 0.3) is 20.2 Å². The largest absolute Gasteiger partial charge is 0.494 e. The summed E-state index contributed by atoms with van der Waals surface area (Å²) in [7, 11) is 0. The van der Waals surface area contributed by atoms with Gasteiger partial charge in [-0.05, 0) is 36.8 Å². The van der Waals surface area contributed by atoms with Crippen molar-refractivity contribution in [3.63, 3.8) is 0 Å². The van der Waals surface area contributed by atoms with Crippen LogP contribution >= 0.6 is 11.3 Å². The Morgan fingerprint density at radius 3 is 2.14 bits per heavy atom. The fourth-order valence-electron chi connectivity index (χ4n) is 3.65. The molecular formula is C25H32O2S. The van der Waals surface area contributed by atoms with E-state index >= 15 is 0 Å². The van der Waals surface area contributed by atoms with Crippen molar-refractivity contribution in [3.05, 3.63) is 52.7 Å². The molecule has 0 bridgehead atoms. The Morgan fingerprint density at radius 2 is 1.39 bits per heavy atom. The van der Waals surface area contributed by atoms with Gasteiger partial charge in [0.1, 0.15) is 5.75 Å². The first-order valence-corrected chi connectivity index (χ1v) is 11.7. The summed E-state index contributed by atoms with van der Waals surface area (Å²) in [5.74, 6) is 0.808. The first-order chi connectivity index (χ1) is 13.8. The molecule has 0 aliphatic rings. The summed E-state index contributed by atoms with van der Waals surface area (Å²) < 4.78 is 7.98. The van der Waals surface area contributed by atoms with Crippen molar-refractivity contribution in [2.24, 2.45) is 0 Å². The number of ether oxygens (including phenoxy) is 1. The average Bonchev–Trinajstić information content (AvgIpc) is 2.72. The van der Waals surface area contributed by atoms with Crippen LogP contribution < -0.4 is 10.2 Å². The van der Waals surface area contributed by atoms with Crippen molar-refractivity contribution in [1.29, 1.82) is 0 Å². The van der Waals surface area contributed by atoms with Crippen molar-refractivity contribution < 1.29 is 4.74 Å². The summed E-state index contributed by atoms with van der Waals surface area (Å²) in [6.07, 6.45) is 13.2. The molecule has 0 radical (unpaired) electrons. The Morgan fingerprint density at radius 1 is 0.750 bits per heavy atom. The van der Waals surface area contributed by atoms with E-state index in [2.05, 4.69) is 6.92 Å². The number of benzene rings is 2. The maximum absolute atomic E-state index is 12.8. The molecule has 28 heavy (non-hydrogen) atoms. The second-order valence-electron chi connectivity index (χ2n) is 7.62. The maximum atomic E-state index is 12.8. The Kier molecular flexibility index (Phi) is 8.35. The lowest BCUT2D eigenvalue weighted by Gasteiger charge is -2.08. The molecule has 150 valence electrons. The molecule has 0 saturated carbocycles. The minimum atomic E-state index is 0.105. The maximum Gasteiger partial charge on any atom is 0.196 e. The number of fused-ring (bicyclic) bond motifs is 2. The molecule has 2 aromatic carbocycles. The van der Waals surface area contributed by atoms with Crippen LogP contribution in [0.4, 0.5) is 0 Å². The summed E-state index contributed by atoms with van der Waals surface area (Å²) in [4.78, 5) is 12.8. The number of hydrogen-bond donors (Lipinski definition) is 0. The molecule has 0 N–H and O–H groups in total. The Hall–Kier alpha value is -1.87. The molecule has 0 aliphatic carbocycles. The van der Waals surface area contributed by atoms with E-state index in [1.807, 2.05) is 42.5 Å². The van der Waals surface area contributed by atoms with E-state index in [-0.39, 0.29) is 5.43 Å². The van der Waals surface area contributed by atoms with E-state index in [0.29, 0.717) is 0 Å². The SMILES string of the molecule is CCCCCCCCCCCCOc1ccc2sc3ccccc3c(=O)c2c1. The highest BCUT2D eigenvalue weighted by Gasteiger charge is 2.07. The van der Waals surface area contributed by atoms with Crippen LogP contribution in [0.2, 0.25) is 0 Å². The van der Waals surface area contributed by atoms with E-state index in [1.54, 1.807) is 11.3 Å². The van der Waals surface area contributed by atoms with Crippen LogP contribution in [0.1, 0.15) is 71.1 Å². The third kappa shape index (κ3) is 5.81. The minimum Gasteiger partial charge on any atom is -0.494 e. The van der Waals surface area contributed by atoms with E-state index in [0.717, 1.165) is 38.9 Å². The van der Waals surface area contributed by atoms with Crippen molar-refractivity contribution in [2.75, 3.05) is 6.61 Å². The molecule has 0 fully saturated rings. The van der Waals surface area contributed by atoms with Gasteiger partial charge in [-0.3, -0.25) is 4.79 Å². The van der Waals surface area contributed by atoms with Crippen LogP contribution in [-0.2, 0) is 0 Å². The summed E-state index contributed by atoms with van der Waals surface area (Å²) >= 11 is 1.66. The summed E-state index contributed by atoms with van der Waals surface area (Å²) in [5.41, 5.74) is 0.105. The minimum absolute atomic E-state index is 0.105. The van der Waals surface area contributed by atoms with Gasteiger partial charge < -0.3 is 4.74 Å². The molecule has 0 atom stereocenters. The van der Waals surface area contributed by atoms with Gasteiger partial charge in [0, 0.05) is 20.2 Å². The molecule has 3 heteroatoms. The van der Waals surface area contributed by atoms with Crippen molar-refractivity contribution in [2.45, 2.75) is 71.1 Å². The van der Waals surface area contributed by atoms with Crippen molar-refractivity contribution >= 4 is 31.5 Å². The third-order valence-electron chi connectivity index (χ3n) is 5.31. The quantitative estimate of drug-likeness (QED) is 0.231. The van der Waals surface area contributed by atoms with Crippen molar-refractivity contribution in [3.8, 4) is 5.75 Å². The average molecular weight is 397 g/mol. The molecule has 1 aromatic heterocycles.